The molecule has 1 unspecified atom stereocenters. The van der Waals surface area contributed by atoms with Gasteiger partial charge in [-0.25, -0.2) is 0 Å². The van der Waals surface area contributed by atoms with E-state index in [1.54, 1.807) is 20.8 Å². The zero-order valence-corrected chi connectivity index (χ0v) is 11.4. The number of rotatable bonds is 4. The monoisotopic (exact) mass is 260 g/mol. The molecule has 1 fully saturated rings. The van der Waals surface area contributed by atoms with Gasteiger partial charge in [0.2, 0.25) is 0 Å². The smallest absolute Gasteiger partial charge is 0.324 e. The van der Waals surface area contributed by atoms with Gasteiger partial charge < -0.3 is 9.68 Å². The summed E-state index contributed by atoms with van der Waals surface area (Å²) in [5.74, 6) is -0.363. The Morgan fingerprint density at radius 1 is 1.44 bits per heavy atom. The highest BCUT2D eigenvalue weighted by atomic mass is 17.0. The van der Waals surface area contributed by atoms with Gasteiger partial charge in [0.1, 0.15) is 6.10 Å². The average Bonchev–Trinajstić information content (AvgIpc) is 2.37. The zero-order chi connectivity index (χ0) is 14.1. The molecule has 1 atom stereocenters. The van der Waals surface area contributed by atoms with Crippen LogP contribution in [-0.4, -0.2) is 33.3 Å². The van der Waals surface area contributed by atoms with Crippen molar-refractivity contribution in [2.24, 2.45) is 0 Å². The molecule has 0 saturated carbocycles. The fourth-order valence-electron chi connectivity index (χ4n) is 2.37. The number of hydroxylamine groups is 2. The summed E-state index contributed by atoms with van der Waals surface area (Å²) < 4.78 is 0. The van der Waals surface area contributed by atoms with Crippen LogP contribution >= 0.6 is 0 Å². The van der Waals surface area contributed by atoms with E-state index >= 15 is 0 Å². The summed E-state index contributed by atoms with van der Waals surface area (Å²) in [4.78, 5) is 31.9. The molecule has 1 aliphatic heterocycles. The minimum Gasteiger partial charge on any atom is -0.367 e. The van der Waals surface area contributed by atoms with Gasteiger partial charge in [0, 0.05) is 6.42 Å². The summed E-state index contributed by atoms with van der Waals surface area (Å²) in [5.41, 5.74) is -1.25. The van der Waals surface area contributed by atoms with E-state index in [1.807, 2.05) is 13.8 Å². The molecule has 1 saturated heterocycles. The van der Waals surface area contributed by atoms with Gasteiger partial charge in [-0.15, -0.1) is 15.2 Å². The van der Waals surface area contributed by atoms with Crippen LogP contribution in [-0.2, 0) is 14.5 Å². The molecule has 18 heavy (non-hydrogen) atoms. The Morgan fingerprint density at radius 3 is 2.44 bits per heavy atom. The number of hydrogen-bond donors (Lipinski definition) is 0. The lowest BCUT2D eigenvalue weighted by molar-refractivity contribution is -0.770. The Hall–Kier alpha value is -1.37. The first kappa shape index (κ1) is 14.7. The van der Waals surface area contributed by atoms with Gasteiger partial charge in [0.05, 0.1) is 11.1 Å². The molecule has 1 heterocycles. The summed E-state index contributed by atoms with van der Waals surface area (Å²) >= 11 is 0. The topological polar surface area (TPSA) is 81.9 Å². The quantitative estimate of drug-likeness (QED) is 0.565. The molecule has 0 N–H and O–H groups in total. The number of nitrogens with zero attached hydrogens (tertiary/aromatic N) is 2. The maximum atomic E-state index is 11.4. The molecular formula is C11H20N2O5. The second-order valence-corrected chi connectivity index (χ2v) is 5.60. The Bertz CT molecular complexity index is 353. The molecule has 1 rings (SSSR count). The first-order valence-corrected chi connectivity index (χ1v) is 5.93. The van der Waals surface area contributed by atoms with Gasteiger partial charge in [-0.05, 0) is 34.1 Å². The number of carbonyl (C=O) groups excluding carboxylic acids is 1. The molecule has 1 aliphatic rings. The van der Waals surface area contributed by atoms with Crippen LogP contribution in [0.5, 0.6) is 0 Å². The summed E-state index contributed by atoms with van der Waals surface area (Å²) in [6.07, 6.45) is 0.0358. The van der Waals surface area contributed by atoms with Crippen molar-refractivity contribution in [3.63, 3.8) is 0 Å². The van der Waals surface area contributed by atoms with E-state index in [1.165, 1.54) is 5.06 Å². The summed E-state index contributed by atoms with van der Waals surface area (Å²) in [6, 6.07) is 0. The molecule has 7 nitrogen and oxygen atoms in total. The third-order valence-corrected chi connectivity index (χ3v) is 3.24. The van der Waals surface area contributed by atoms with E-state index in [2.05, 4.69) is 0 Å². The van der Waals surface area contributed by atoms with E-state index in [4.69, 9.17) is 9.68 Å². The Labute approximate surface area is 106 Å². The number of carbonyl (C=O) groups is 1. The van der Waals surface area contributed by atoms with Crippen LogP contribution in [0, 0.1) is 10.1 Å². The maximum absolute atomic E-state index is 11.4. The molecule has 0 aromatic heterocycles. The van der Waals surface area contributed by atoms with E-state index in [-0.39, 0.29) is 12.4 Å². The SMILES string of the molecule is CCC(=O)ON1C(C)(C)CC(O[N+](=O)[O-])C1(C)C. The van der Waals surface area contributed by atoms with Crippen molar-refractivity contribution in [3.05, 3.63) is 10.1 Å². The first-order chi connectivity index (χ1) is 8.11. The van der Waals surface area contributed by atoms with Crippen LogP contribution in [0.25, 0.3) is 0 Å². The van der Waals surface area contributed by atoms with Crippen molar-refractivity contribution < 1.29 is 19.6 Å². The average molecular weight is 260 g/mol. The second kappa shape index (κ2) is 4.72. The van der Waals surface area contributed by atoms with Crippen LogP contribution in [0.3, 0.4) is 0 Å². The molecule has 0 spiro atoms. The van der Waals surface area contributed by atoms with Gasteiger partial charge in [-0.1, -0.05) is 6.92 Å². The summed E-state index contributed by atoms with van der Waals surface area (Å²) in [7, 11) is 0. The molecule has 104 valence electrons. The minimum atomic E-state index is -0.798. The molecule has 0 aromatic carbocycles. The highest BCUT2D eigenvalue weighted by molar-refractivity contribution is 5.68. The van der Waals surface area contributed by atoms with Crippen molar-refractivity contribution >= 4 is 5.97 Å². The van der Waals surface area contributed by atoms with Gasteiger partial charge >= 0.3 is 5.97 Å². The standard InChI is InChI=1S/C11H20N2O5/c1-6-9(14)18-12-10(2,3)7-8(11(12,4)5)17-13(15)16/h8H,6-7H2,1-5H3. The molecule has 7 heteroatoms. The second-order valence-electron chi connectivity index (χ2n) is 5.60. The predicted molar refractivity (Wildman–Crippen MR) is 62.9 cm³/mol. The van der Waals surface area contributed by atoms with Gasteiger partial charge in [0.15, 0.2) is 0 Å². The largest absolute Gasteiger partial charge is 0.367 e. The van der Waals surface area contributed by atoms with Crippen molar-refractivity contribution in [2.75, 3.05) is 0 Å². The molecule has 0 aromatic rings. The summed E-state index contributed by atoms with van der Waals surface area (Å²) in [5, 5.41) is 11.2. The van der Waals surface area contributed by atoms with E-state index in [0.717, 1.165) is 0 Å². The lowest BCUT2D eigenvalue weighted by Gasteiger charge is -2.38. The highest BCUT2D eigenvalue weighted by Crippen LogP contribution is 2.42. The normalized spacial score (nSPS) is 25.7. The molecule has 0 aliphatic carbocycles. The third kappa shape index (κ3) is 2.72. The lowest BCUT2D eigenvalue weighted by Crippen LogP contribution is -2.52. The molecule has 0 bridgehead atoms. The van der Waals surface area contributed by atoms with Gasteiger partial charge in [-0.2, -0.15) is 0 Å². The van der Waals surface area contributed by atoms with Gasteiger partial charge in [0.25, 0.3) is 5.09 Å². The van der Waals surface area contributed by atoms with Crippen molar-refractivity contribution in [2.45, 2.75) is 64.6 Å². The van der Waals surface area contributed by atoms with E-state index in [0.29, 0.717) is 6.42 Å². The maximum Gasteiger partial charge on any atom is 0.324 e. The van der Waals surface area contributed by atoms with Crippen LogP contribution in [0.1, 0.15) is 47.5 Å². The Morgan fingerprint density at radius 2 is 2.00 bits per heavy atom. The van der Waals surface area contributed by atoms with Crippen molar-refractivity contribution in [3.8, 4) is 0 Å². The van der Waals surface area contributed by atoms with Crippen LogP contribution in [0.15, 0.2) is 0 Å². The van der Waals surface area contributed by atoms with Crippen molar-refractivity contribution in [1.82, 2.24) is 5.06 Å². The first-order valence-electron chi connectivity index (χ1n) is 5.93. The lowest BCUT2D eigenvalue weighted by atomic mass is 9.97. The molecule has 0 radical (unpaired) electrons. The minimum absolute atomic E-state index is 0.253. The van der Waals surface area contributed by atoms with Crippen molar-refractivity contribution in [1.29, 1.82) is 0 Å². The van der Waals surface area contributed by atoms with E-state index < -0.39 is 22.3 Å². The predicted octanol–water partition coefficient (Wildman–Crippen LogP) is 1.69. The van der Waals surface area contributed by atoms with Crippen LogP contribution in [0.2, 0.25) is 0 Å². The van der Waals surface area contributed by atoms with E-state index in [9.17, 15) is 14.9 Å². The van der Waals surface area contributed by atoms with Gasteiger partial charge in [-0.3, -0.25) is 4.79 Å². The zero-order valence-electron chi connectivity index (χ0n) is 11.4. The third-order valence-electron chi connectivity index (χ3n) is 3.24. The fraction of sp³-hybridized carbons (Fsp3) is 0.909. The fourth-order valence-corrected chi connectivity index (χ4v) is 2.37. The molecular weight excluding hydrogens is 240 g/mol. The Kier molecular flexibility index (Phi) is 3.85. The van der Waals surface area contributed by atoms with Crippen LogP contribution in [0.4, 0.5) is 0 Å². The van der Waals surface area contributed by atoms with Crippen LogP contribution < -0.4 is 0 Å². The number of hydrogen-bond acceptors (Lipinski definition) is 6. The summed E-state index contributed by atoms with van der Waals surface area (Å²) in [6.45, 7) is 8.95. The molecule has 0 amide bonds. The Balaban J connectivity index is 2.94. The highest BCUT2D eigenvalue weighted by Gasteiger charge is 2.55.